The van der Waals surface area contributed by atoms with Gasteiger partial charge < -0.3 is 10.2 Å². The lowest BCUT2D eigenvalue weighted by molar-refractivity contribution is -0.116. The minimum Gasteiger partial charge on any atom is -0.332 e. The molecule has 0 unspecified atom stereocenters. The van der Waals surface area contributed by atoms with Crippen LogP contribution < -0.4 is 5.32 Å². The Hall–Kier alpha value is -2.83. The highest BCUT2D eigenvalue weighted by atomic mass is 35.5. The molecule has 8 heteroatoms. The molecular formula is C24H26Cl2N4O2. The zero-order chi connectivity index (χ0) is 23.6. The molecule has 0 aliphatic carbocycles. The van der Waals surface area contributed by atoms with Crippen molar-refractivity contribution in [1.29, 1.82) is 0 Å². The zero-order valence-corrected chi connectivity index (χ0v) is 20.3. The second-order valence-corrected chi connectivity index (χ2v) is 9.60. The Kier molecular flexibility index (Phi) is 6.96. The van der Waals surface area contributed by atoms with Crippen LogP contribution in [0.25, 0.3) is 5.69 Å². The zero-order valence-electron chi connectivity index (χ0n) is 18.7. The van der Waals surface area contributed by atoms with Gasteiger partial charge in [-0.05, 0) is 36.8 Å². The van der Waals surface area contributed by atoms with Gasteiger partial charge in [0.15, 0.2) is 0 Å². The Labute approximate surface area is 198 Å². The third-order valence-electron chi connectivity index (χ3n) is 4.93. The van der Waals surface area contributed by atoms with Crippen LogP contribution in [-0.2, 0) is 10.2 Å². The van der Waals surface area contributed by atoms with Gasteiger partial charge in [-0.3, -0.25) is 9.59 Å². The number of benzene rings is 2. The predicted octanol–water partition coefficient (Wildman–Crippen LogP) is 5.50. The lowest BCUT2D eigenvalue weighted by Crippen LogP contribution is -2.35. The van der Waals surface area contributed by atoms with E-state index in [1.807, 2.05) is 37.3 Å². The summed E-state index contributed by atoms with van der Waals surface area (Å²) < 4.78 is 1.73. The van der Waals surface area contributed by atoms with Crippen molar-refractivity contribution in [3.05, 3.63) is 75.4 Å². The number of rotatable bonds is 5. The van der Waals surface area contributed by atoms with E-state index in [0.717, 1.165) is 16.9 Å². The van der Waals surface area contributed by atoms with Gasteiger partial charge in [0.2, 0.25) is 5.91 Å². The third-order valence-corrected chi connectivity index (χ3v) is 5.36. The molecule has 1 aromatic heterocycles. The summed E-state index contributed by atoms with van der Waals surface area (Å²) in [4.78, 5) is 26.9. The van der Waals surface area contributed by atoms with Gasteiger partial charge in [0.05, 0.1) is 17.9 Å². The minimum atomic E-state index is -0.354. The first-order chi connectivity index (χ1) is 15.0. The van der Waals surface area contributed by atoms with Crippen LogP contribution in [0, 0.1) is 6.92 Å². The van der Waals surface area contributed by atoms with Crippen molar-refractivity contribution < 1.29 is 9.59 Å². The number of carbonyl (C=O) groups excluding carboxylic acids is 2. The Morgan fingerprint density at radius 3 is 2.28 bits per heavy atom. The maximum atomic E-state index is 12.8. The maximum absolute atomic E-state index is 12.8. The lowest BCUT2D eigenvalue weighted by atomic mass is 9.92. The highest BCUT2D eigenvalue weighted by Gasteiger charge is 2.23. The summed E-state index contributed by atoms with van der Waals surface area (Å²) in [5.74, 6) is -0.155. The summed E-state index contributed by atoms with van der Waals surface area (Å²) in [5, 5.41) is 8.36. The van der Waals surface area contributed by atoms with Crippen LogP contribution in [0.5, 0.6) is 0 Å². The van der Waals surface area contributed by atoms with Gasteiger partial charge in [-0.1, -0.05) is 62.2 Å². The number of carbonyl (C=O) groups is 2. The molecule has 32 heavy (non-hydrogen) atoms. The van der Waals surface area contributed by atoms with Crippen LogP contribution in [0.1, 0.15) is 42.4 Å². The van der Waals surface area contributed by atoms with E-state index in [1.165, 1.54) is 17.0 Å². The molecule has 0 saturated heterocycles. The van der Waals surface area contributed by atoms with Gasteiger partial charge in [-0.15, -0.1) is 0 Å². The molecule has 6 nitrogen and oxygen atoms in total. The van der Waals surface area contributed by atoms with E-state index in [2.05, 4.69) is 26.1 Å². The summed E-state index contributed by atoms with van der Waals surface area (Å²) in [5.41, 5.74) is 2.85. The Morgan fingerprint density at radius 2 is 1.69 bits per heavy atom. The number of para-hydroxylation sites is 1. The molecule has 0 radical (unpaired) electrons. The van der Waals surface area contributed by atoms with Crippen molar-refractivity contribution in [2.45, 2.75) is 33.1 Å². The van der Waals surface area contributed by atoms with Crippen molar-refractivity contribution in [1.82, 2.24) is 14.7 Å². The van der Waals surface area contributed by atoms with Crippen LogP contribution in [0.3, 0.4) is 0 Å². The molecule has 168 valence electrons. The normalized spacial score (nSPS) is 11.3. The van der Waals surface area contributed by atoms with E-state index in [0.29, 0.717) is 21.4 Å². The number of halogens is 2. The third kappa shape index (κ3) is 5.50. The average molecular weight is 473 g/mol. The predicted molar refractivity (Wildman–Crippen MR) is 129 cm³/mol. The quantitative estimate of drug-likeness (QED) is 0.533. The largest absolute Gasteiger partial charge is 0.332 e. The molecular weight excluding hydrogens is 447 g/mol. The summed E-state index contributed by atoms with van der Waals surface area (Å²) in [6, 6.07) is 14.3. The van der Waals surface area contributed by atoms with Crippen LogP contribution in [0.2, 0.25) is 10.0 Å². The number of hydrogen-bond acceptors (Lipinski definition) is 3. The number of likely N-dealkylation sites (N-methyl/N-ethyl adjacent to an activating group) is 1. The van der Waals surface area contributed by atoms with E-state index in [4.69, 9.17) is 28.3 Å². The molecule has 3 rings (SSSR count). The van der Waals surface area contributed by atoms with Crippen LogP contribution in [-0.4, -0.2) is 40.1 Å². The number of hydrogen-bond donors (Lipinski definition) is 1. The summed E-state index contributed by atoms with van der Waals surface area (Å²) >= 11 is 12.0. The van der Waals surface area contributed by atoms with Gasteiger partial charge >= 0.3 is 0 Å². The summed E-state index contributed by atoms with van der Waals surface area (Å²) in [7, 11) is 1.55. The van der Waals surface area contributed by atoms with Gasteiger partial charge in [-0.25, -0.2) is 4.68 Å². The molecule has 0 aliphatic heterocycles. The molecule has 1 heterocycles. The molecule has 2 aromatic carbocycles. The number of aryl methyl sites for hydroxylation is 1. The van der Waals surface area contributed by atoms with Crippen molar-refractivity contribution in [2.24, 2.45) is 0 Å². The van der Waals surface area contributed by atoms with Gasteiger partial charge in [-0.2, -0.15) is 5.10 Å². The van der Waals surface area contributed by atoms with Gasteiger partial charge in [0.1, 0.15) is 5.82 Å². The highest BCUT2D eigenvalue weighted by molar-refractivity contribution is 6.35. The first kappa shape index (κ1) is 23.8. The maximum Gasteiger partial charge on any atom is 0.254 e. The van der Waals surface area contributed by atoms with Crippen molar-refractivity contribution in [3.63, 3.8) is 0 Å². The van der Waals surface area contributed by atoms with E-state index in [-0.39, 0.29) is 23.8 Å². The van der Waals surface area contributed by atoms with Crippen molar-refractivity contribution >= 4 is 40.8 Å². The molecule has 1 N–H and O–H groups in total. The smallest absolute Gasteiger partial charge is 0.254 e. The molecule has 2 amide bonds. The van der Waals surface area contributed by atoms with Crippen molar-refractivity contribution in [2.75, 3.05) is 18.9 Å². The Bertz CT molecular complexity index is 1140. The fourth-order valence-electron chi connectivity index (χ4n) is 3.19. The fourth-order valence-corrected chi connectivity index (χ4v) is 3.71. The van der Waals surface area contributed by atoms with Crippen LogP contribution in [0.15, 0.2) is 48.5 Å². The standard InChI is InChI=1S/C24H26Cl2N4O2/c1-15-8-6-7-9-19(15)30-21(13-20(28-30)24(2,3)4)27-22(31)14-29(5)23(32)16-10-17(25)12-18(26)11-16/h6-13H,14H2,1-5H3,(H,27,31). The number of amides is 2. The molecule has 0 atom stereocenters. The van der Waals surface area contributed by atoms with Gasteiger partial charge in [0, 0.05) is 34.1 Å². The Morgan fingerprint density at radius 1 is 1.06 bits per heavy atom. The topological polar surface area (TPSA) is 67.2 Å². The monoisotopic (exact) mass is 472 g/mol. The first-order valence-electron chi connectivity index (χ1n) is 10.1. The van der Waals surface area contributed by atoms with E-state index < -0.39 is 0 Å². The molecule has 0 aliphatic rings. The number of aromatic nitrogens is 2. The number of nitrogens with one attached hydrogen (secondary N) is 1. The molecule has 3 aromatic rings. The second kappa shape index (κ2) is 9.35. The number of anilines is 1. The van der Waals surface area contributed by atoms with Gasteiger partial charge in [0.25, 0.3) is 5.91 Å². The average Bonchev–Trinajstić information content (AvgIpc) is 3.10. The first-order valence-corrected chi connectivity index (χ1v) is 10.9. The van der Waals surface area contributed by atoms with E-state index in [9.17, 15) is 9.59 Å². The molecule has 0 bridgehead atoms. The molecule has 0 fully saturated rings. The highest BCUT2D eigenvalue weighted by Crippen LogP contribution is 2.27. The van der Waals surface area contributed by atoms with Crippen LogP contribution >= 0.6 is 23.2 Å². The van der Waals surface area contributed by atoms with E-state index >= 15 is 0 Å². The molecule has 0 spiro atoms. The SMILES string of the molecule is Cc1ccccc1-n1nc(C(C)(C)C)cc1NC(=O)CN(C)C(=O)c1cc(Cl)cc(Cl)c1. The fraction of sp³-hybridized carbons (Fsp3) is 0.292. The summed E-state index contributed by atoms with van der Waals surface area (Å²) in [6.45, 7) is 8.03. The molecule has 0 saturated carbocycles. The second-order valence-electron chi connectivity index (χ2n) is 8.73. The van der Waals surface area contributed by atoms with Crippen LogP contribution in [0.4, 0.5) is 5.82 Å². The minimum absolute atomic E-state index is 0.146. The lowest BCUT2D eigenvalue weighted by Gasteiger charge is -2.18. The number of nitrogens with zero attached hydrogens (tertiary/aromatic N) is 3. The van der Waals surface area contributed by atoms with Crippen molar-refractivity contribution in [3.8, 4) is 5.69 Å². The summed E-state index contributed by atoms with van der Waals surface area (Å²) in [6.07, 6.45) is 0. The Balaban J connectivity index is 1.83. The van der Waals surface area contributed by atoms with E-state index in [1.54, 1.807) is 17.8 Å².